The fraction of sp³-hybridized carbons (Fsp3) is 0.316. The highest BCUT2D eigenvalue weighted by molar-refractivity contribution is 5.78. The van der Waals surface area contributed by atoms with Gasteiger partial charge in [0.15, 0.2) is 0 Å². The lowest BCUT2D eigenvalue weighted by Gasteiger charge is -2.13. The molecule has 2 aromatic rings. The number of benzene rings is 2. The number of hydrogen-bond acceptors (Lipinski definition) is 1. The van der Waals surface area contributed by atoms with Gasteiger partial charge in [0.25, 0.3) is 0 Å². The van der Waals surface area contributed by atoms with Gasteiger partial charge in [-0.2, -0.15) is 0 Å². The molecule has 2 nitrogen and oxygen atoms in total. The van der Waals surface area contributed by atoms with Crippen LogP contribution in [-0.2, 0) is 11.2 Å². The maximum absolute atomic E-state index is 12.0. The van der Waals surface area contributed by atoms with Crippen LogP contribution in [-0.4, -0.2) is 12.5 Å². The van der Waals surface area contributed by atoms with Crippen LogP contribution in [0, 0.1) is 13.8 Å². The summed E-state index contributed by atoms with van der Waals surface area (Å²) < 4.78 is 0. The van der Waals surface area contributed by atoms with E-state index in [0.717, 1.165) is 5.56 Å². The number of aryl methyl sites for hydroxylation is 2. The molecule has 1 unspecified atom stereocenters. The van der Waals surface area contributed by atoms with Crippen molar-refractivity contribution in [2.24, 2.45) is 0 Å². The molecule has 0 fully saturated rings. The summed E-state index contributed by atoms with van der Waals surface area (Å²) in [5.41, 5.74) is 4.82. The van der Waals surface area contributed by atoms with Crippen LogP contribution >= 0.6 is 0 Å². The zero-order valence-electron chi connectivity index (χ0n) is 13.0. The fourth-order valence-electron chi connectivity index (χ4n) is 2.33. The Morgan fingerprint density at radius 1 is 1.05 bits per heavy atom. The number of rotatable bonds is 5. The molecule has 1 N–H and O–H groups in total. The summed E-state index contributed by atoms with van der Waals surface area (Å²) >= 11 is 0. The minimum absolute atomic E-state index is 0.0843. The van der Waals surface area contributed by atoms with Gasteiger partial charge in [0, 0.05) is 6.54 Å². The van der Waals surface area contributed by atoms with Crippen molar-refractivity contribution < 1.29 is 4.79 Å². The number of amides is 1. The van der Waals surface area contributed by atoms with Gasteiger partial charge in [-0.15, -0.1) is 0 Å². The van der Waals surface area contributed by atoms with E-state index in [2.05, 4.69) is 50.4 Å². The number of carbonyl (C=O) groups is 1. The summed E-state index contributed by atoms with van der Waals surface area (Å²) in [6.07, 6.45) is 0.447. The van der Waals surface area contributed by atoms with Crippen molar-refractivity contribution in [3.05, 3.63) is 70.8 Å². The summed E-state index contributed by atoms with van der Waals surface area (Å²) in [5, 5.41) is 3.02. The third-order valence-electron chi connectivity index (χ3n) is 3.91. The molecule has 0 aromatic heterocycles. The molecule has 0 aliphatic rings. The maximum Gasteiger partial charge on any atom is 0.224 e. The Morgan fingerprint density at radius 3 is 2.43 bits per heavy atom. The highest BCUT2D eigenvalue weighted by atomic mass is 16.1. The molecule has 2 heteroatoms. The molecule has 0 saturated carbocycles. The molecule has 0 saturated heterocycles. The summed E-state index contributed by atoms with van der Waals surface area (Å²) in [4.78, 5) is 12.0. The van der Waals surface area contributed by atoms with Gasteiger partial charge in [0.05, 0.1) is 6.42 Å². The molecular weight excluding hydrogens is 258 g/mol. The van der Waals surface area contributed by atoms with E-state index in [9.17, 15) is 4.79 Å². The molecule has 21 heavy (non-hydrogen) atoms. The molecule has 0 aliphatic carbocycles. The molecule has 1 amide bonds. The molecule has 110 valence electrons. The maximum atomic E-state index is 12.0. The number of carbonyl (C=O) groups excluding carboxylic acids is 1. The van der Waals surface area contributed by atoms with Crippen LogP contribution in [0.15, 0.2) is 48.5 Å². The Morgan fingerprint density at radius 2 is 1.76 bits per heavy atom. The van der Waals surface area contributed by atoms with Crippen LogP contribution in [0.5, 0.6) is 0 Å². The van der Waals surface area contributed by atoms with Crippen molar-refractivity contribution in [2.45, 2.75) is 33.1 Å². The first-order valence-corrected chi connectivity index (χ1v) is 7.44. The zero-order valence-corrected chi connectivity index (χ0v) is 13.0. The standard InChI is InChI=1S/C19H23NO/c1-14-9-10-17(11-15(14)2)12-19(21)20-13-16(3)18-7-5-4-6-8-18/h4-11,16H,12-13H2,1-3H3,(H,20,21). The van der Waals surface area contributed by atoms with Gasteiger partial charge < -0.3 is 5.32 Å². The Labute approximate surface area is 127 Å². The quantitative estimate of drug-likeness (QED) is 0.888. The largest absolute Gasteiger partial charge is 0.355 e. The van der Waals surface area contributed by atoms with Gasteiger partial charge in [0.2, 0.25) is 5.91 Å². The molecule has 0 heterocycles. The number of hydrogen-bond donors (Lipinski definition) is 1. The van der Waals surface area contributed by atoms with Crippen molar-refractivity contribution in [1.82, 2.24) is 5.32 Å². The molecule has 2 aromatic carbocycles. The summed E-state index contributed by atoms with van der Waals surface area (Å²) in [7, 11) is 0. The van der Waals surface area contributed by atoms with Gasteiger partial charge in [-0.25, -0.2) is 0 Å². The van der Waals surface area contributed by atoms with E-state index in [1.54, 1.807) is 0 Å². The van der Waals surface area contributed by atoms with Crippen molar-refractivity contribution >= 4 is 5.91 Å². The van der Waals surface area contributed by atoms with Crippen LogP contribution in [0.3, 0.4) is 0 Å². The summed E-state index contributed by atoms with van der Waals surface area (Å²) in [6.45, 7) is 6.97. The highest BCUT2D eigenvalue weighted by Gasteiger charge is 2.08. The lowest BCUT2D eigenvalue weighted by atomic mass is 10.0. The van der Waals surface area contributed by atoms with Gasteiger partial charge in [0.1, 0.15) is 0 Å². The first kappa shape index (κ1) is 15.3. The van der Waals surface area contributed by atoms with E-state index in [0.29, 0.717) is 18.9 Å². The summed E-state index contributed by atoms with van der Waals surface area (Å²) in [5.74, 6) is 0.413. The van der Waals surface area contributed by atoms with Crippen molar-refractivity contribution in [2.75, 3.05) is 6.54 Å². The second kappa shape index (κ2) is 7.07. The van der Waals surface area contributed by atoms with Crippen LogP contribution in [0.25, 0.3) is 0 Å². The first-order valence-electron chi connectivity index (χ1n) is 7.44. The third kappa shape index (κ3) is 4.45. The van der Waals surface area contributed by atoms with E-state index in [4.69, 9.17) is 0 Å². The van der Waals surface area contributed by atoms with E-state index in [-0.39, 0.29) is 5.91 Å². The highest BCUT2D eigenvalue weighted by Crippen LogP contribution is 2.13. The monoisotopic (exact) mass is 281 g/mol. The lowest BCUT2D eigenvalue weighted by molar-refractivity contribution is -0.120. The first-order chi connectivity index (χ1) is 10.1. The third-order valence-corrected chi connectivity index (χ3v) is 3.91. The fourth-order valence-corrected chi connectivity index (χ4v) is 2.33. The van der Waals surface area contributed by atoms with Gasteiger partial charge in [-0.05, 0) is 42.0 Å². The Bertz CT molecular complexity index is 604. The molecule has 0 spiro atoms. The van der Waals surface area contributed by atoms with E-state index >= 15 is 0 Å². The Kier molecular flexibility index (Phi) is 5.15. The van der Waals surface area contributed by atoms with Crippen LogP contribution in [0.4, 0.5) is 0 Å². The molecule has 0 aliphatic heterocycles. The van der Waals surface area contributed by atoms with Crippen molar-refractivity contribution in [1.29, 1.82) is 0 Å². The number of nitrogens with one attached hydrogen (secondary N) is 1. The summed E-state index contributed by atoms with van der Waals surface area (Å²) in [6, 6.07) is 16.5. The van der Waals surface area contributed by atoms with E-state index in [1.807, 2.05) is 24.3 Å². The SMILES string of the molecule is Cc1ccc(CC(=O)NCC(C)c2ccccc2)cc1C. The topological polar surface area (TPSA) is 29.1 Å². The molecule has 1 atom stereocenters. The molecule has 0 radical (unpaired) electrons. The van der Waals surface area contributed by atoms with Gasteiger partial charge in [-0.3, -0.25) is 4.79 Å². The average molecular weight is 281 g/mol. The second-order valence-electron chi connectivity index (χ2n) is 5.71. The molecular formula is C19H23NO. The van der Waals surface area contributed by atoms with Crippen LogP contribution in [0.1, 0.15) is 35.1 Å². The molecule has 2 rings (SSSR count). The average Bonchev–Trinajstić information content (AvgIpc) is 2.49. The second-order valence-corrected chi connectivity index (χ2v) is 5.71. The zero-order chi connectivity index (χ0) is 15.2. The van der Waals surface area contributed by atoms with Crippen molar-refractivity contribution in [3.8, 4) is 0 Å². The van der Waals surface area contributed by atoms with Crippen LogP contribution < -0.4 is 5.32 Å². The minimum Gasteiger partial charge on any atom is -0.355 e. The van der Waals surface area contributed by atoms with E-state index in [1.165, 1.54) is 16.7 Å². The minimum atomic E-state index is 0.0843. The Balaban J connectivity index is 1.86. The molecule has 0 bridgehead atoms. The predicted octanol–water partition coefficient (Wildman–Crippen LogP) is 3.77. The Hall–Kier alpha value is -2.09. The van der Waals surface area contributed by atoms with E-state index < -0.39 is 0 Å². The predicted molar refractivity (Wildman–Crippen MR) is 87.5 cm³/mol. The smallest absolute Gasteiger partial charge is 0.224 e. The van der Waals surface area contributed by atoms with Crippen molar-refractivity contribution in [3.63, 3.8) is 0 Å². The normalized spacial score (nSPS) is 12.0. The van der Waals surface area contributed by atoms with Gasteiger partial charge >= 0.3 is 0 Å². The van der Waals surface area contributed by atoms with Gasteiger partial charge in [-0.1, -0.05) is 55.5 Å². The van der Waals surface area contributed by atoms with Crippen LogP contribution in [0.2, 0.25) is 0 Å². The lowest BCUT2D eigenvalue weighted by Crippen LogP contribution is -2.28.